The van der Waals surface area contributed by atoms with Crippen molar-refractivity contribution in [1.82, 2.24) is 4.90 Å². The van der Waals surface area contributed by atoms with E-state index in [4.69, 9.17) is 4.74 Å². The van der Waals surface area contributed by atoms with Crippen LogP contribution in [0.25, 0.3) is 6.08 Å². The molecule has 0 unspecified atom stereocenters. The first-order chi connectivity index (χ1) is 13.0. The van der Waals surface area contributed by atoms with E-state index in [-0.39, 0.29) is 24.3 Å². The lowest BCUT2D eigenvalue weighted by molar-refractivity contribution is -0.123. The first kappa shape index (κ1) is 19.5. The summed E-state index contributed by atoms with van der Waals surface area (Å²) in [6.07, 6.45) is 3.58. The summed E-state index contributed by atoms with van der Waals surface area (Å²) in [7, 11) is 0. The SMILES string of the molecule is Cc1cccc(OCCN2C(=O)S/C(=C\C(Br)=C\c3ccccc3)C2=O)c1. The van der Waals surface area contributed by atoms with Gasteiger partial charge in [0.15, 0.2) is 0 Å². The summed E-state index contributed by atoms with van der Waals surface area (Å²) in [5.74, 6) is 0.433. The van der Waals surface area contributed by atoms with Crippen LogP contribution in [0.3, 0.4) is 0 Å². The molecule has 2 aromatic carbocycles. The number of carbonyl (C=O) groups is 2. The minimum Gasteiger partial charge on any atom is -0.492 e. The summed E-state index contributed by atoms with van der Waals surface area (Å²) >= 11 is 4.39. The van der Waals surface area contributed by atoms with Gasteiger partial charge in [0.2, 0.25) is 0 Å². The first-order valence-corrected chi connectivity index (χ1v) is 10.0. The van der Waals surface area contributed by atoms with Gasteiger partial charge in [-0.05, 0) is 54.1 Å². The van der Waals surface area contributed by atoms with Crippen molar-refractivity contribution >= 4 is 44.9 Å². The Hall–Kier alpha value is -2.31. The molecule has 1 saturated heterocycles. The van der Waals surface area contributed by atoms with Gasteiger partial charge in [0.25, 0.3) is 11.1 Å². The Balaban J connectivity index is 1.61. The number of benzene rings is 2. The van der Waals surface area contributed by atoms with E-state index in [1.165, 1.54) is 4.90 Å². The number of amides is 2. The molecule has 0 aromatic heterocycles. The van der Waals surface area contributed by atoms with Crippen molar-refractivity contribution in [2.45, 2.75) is 6.92 Å². The van der Waals surface area contributed by atoms with E-state index in [1.54, 1.807) is 6.08 Å². The normalized spacial score (nSPS) is 16.3. The van der Waals surface area contributed by atoms with Crippen molar-refractivity contribution in [2.24, 2.45) is 0 Å². The van der Waals surface area contributed by atoms with Crippen LogP contribution in [0.4, 0.5) is 4.79 Å². The molecule has 2 amide bonds. The number of aryl methyl sites for hydroxylation is 1. The highest BCUT2D eigenvalue weighted by Gasteiger charge is 2.34. The zero-order chi connectivity index (χ0) is 19.2. The fourth-order valence-corrected chi connectivity index (χ4v) is 4.03. The summed E-state index contributed by atoms with van der Waals surface area (Å²) < 4.78 is 6.38. The monoisotopic (exact) mass is 443 g/mol. The van der Waals surface area contributed by atoms with Crippen LogP contribution in [-0.4, -0.2) is 29.2 Å². The molecule has 1 aliphatic heterocycles. The average molecular weight is 444 g/mol. The zero-order valence-electron chi connectivity index (χ0n) is 14.7. The highest BCUT2D eigenvalue weighted by Crippen LogP contribution is 2.32. The molecule has 1 heterocycles. The summed E-state index contributed by atoms with van der Waals surface area (Å²) in [6, 6.07) is 17.4. The summed E-state index contributed by atoms with van der Waals surface area (Å²) in [5.41, 5.74) is 2.10. The Morgan fingerprint density at radius 3 is 2.67 bits per heavy atom. The third-order valence-electron chi connectivity index (χ3n) is 3.82. The molecular formula is C21H18BrNO3S. The van der Waals surface area contributed by atoms with Crippen LogP contribution in [-0.2, 0) is 4.79 Å². The molecule has 0 saturated carbocycles. The number of allylic oxidation sites excluding steroid dienone is 2. The Morgan fingerprint density at radius 1 is 1.15 bits per heavy atom. The quantitative estimate of drug-likeness (QED) is 0.561. The fourth-order valence-electron chi connectivity index (χ4n) is 2.53. The Labute approximate surface area is 171 Å². The Bertz CT molecular complexity index is 909. The molecule has 0 atom stereocenters. The van der Waals surface area contributed by atoms with Crippen molar-refractivity contribution < 1.29 is 14.3 Å². The van der Waals surface area contributed by atoms with Crippen LogP contribution in [0.15, 0.2) is 70.1 Å². The molecule has 6 heteroatoms. The summed E-state index contributed by atoms with van der Waals surface area (Å²) in [6.45, 7) is 2.46. The van der Waals surface area contributed by atoms with Gasteiger partial charge in [-0.2, -0.15) is 0 Å². The van der Waals surface area contributed by atoms with Crippen molar-refractivity contribution in [3.63, 3.8) is 0 Å². The van der Waals surface area contributed by atoms with Gasteiger partial charge in [0.1, 0.15) is 12.4 Å². The second-order valence-corrected chi connectivity index (χ2v) is 7.85. The molecule has 0 radical (unpaired) electrons. The van der Waals surface area contributed by atoms with Crippen LogP contribution in [0.1, 0.15) is 11.1 Å². The van der Waals surface area contributed by atoms with E-state index in [1.807, 2.05) is 67.6 Å². The largest absolute Gasteiger partial charge is 0.492 e. The van der Waals surface area contributed by atoms with Gasteiger partial charge in [0.05, 0.1) is 11.4 Å². The van der Waals surface area contributed by atoms with Gasteiger partial charge in [-0.15, -0.1) is 0 Å². The van der Waals surface area contributed by atoms with E-state index >= 15 is 0 Å². The highest BCUT2D eigenvalue weighted by atomic mass is 79.9. The van der Waals surface area contributed by atoms with Gasteiger partial charge in [0, 0.05) is 4.48 Å². The smallest absolute Gasteiger partial charge is 0.293 e. The lowest BCUT2D eigenvalue weighted by Crippen LogP contribution is -2.32. The Morgan fingerprint density at radius 2 is 1.93 bits per heavy atom. The number of halogens is 1. The van der Waals surface area contributed by atoms with Gasteiger partial charge < -0.3 is 4.74 Å². The Kier molecular flexibility index (Phi) is 6.53. The molecule has 4 nitrogen and oxygen atoms in total. The number of nitrogens with zero attached hydrogens (tertiary/aromatic N) is 1. The van der Waals surface area contributed by atoms with E-state index in [0.29, 0.717) is 4.91 Å². The predicted octanol–water partition coefficient (Wildman–Crippen LogP) is 5.39. The standard InChI is InChI=1S/C21H18BrNO3S/c1-15-6-5-9-18(12-15)26-11-10-23-20(24)19(27-21(23)25)14-17(22)13-16-7-3-2-4-8-16/h2-9,12-14H,10-11H2,1H3/b17-13-,19-14-. The van der Waals surface area contributed by atoms with E-state index < -0.39 is 0 Å². The van der Waals surface area contributed by atoms with Crippen LogP contribution in [0.2, 0.25) is 0 Å². The molecule has 2 aromatic rings. The molecule has 0 aliphatic carbocycles. The fraction of sp³-hybridized carbons (Fsp3) is 0.143. The number of rotatable bonds is 6. The topological polar surface area (TPSA) is 46.6 Å². The van der Waals surface area contributed by atoms with Gasteiger partial charge in [-0.1, -0.05) is 58.4 Å². The number of hydrogen-bond acceptors (Lipinski definition) is 4. The number of carbonyl (C=O) groups excluding carboxylic acids is 2. The van der Waals surface area contributed by atoms with E-state index in [9.17, 15) is 9.59 Å². The molecule has 27 heavy (non-hydrogen) atoms. The highest BCUT2D eigenvalue weighted by molar-refractivity contribution is 9.12. The van der Waals surface area contributed by atoms with Crippen molar-refractivity contribution in [3.8, 4) is 5.75 Å². The summed E-state index contributed by atoms with van der Waals surface area (Å²) in [4.78, 5) is 26.3. The summed E-state index contributed by atoms with van der Waals surface area (Å²) in [5, 5.41) is -0.279. The van der Waals surface area contributed by atoms with E-state index in [0.717, 1.165) is 33.1 Å². The number of hydrogen-bond donors (Lipinski definition) is 0. The number of thioether (sulfide) groups is 1. The average Bonchev–Trinajstić information content (AvgIpc) is 2.90. The van der Waals surface area contributed by atoms with Crippen LogP contribution < -0.4 is 4.74 Å². The maximum absolute atomic E-state index is 12.5. The second-order valence-electron chi connectivity index (χ2n) is 5.94. The molecule has 1 aliphatic rings. The second kappa shape index (κ2) is 9.06. The third-order valence-corrected chi connectivity index (χ3v) is 5.19. The minimum absolute atomic E-state index is 0.218. The number of ether oxygens (including phenoxy) is 1. The van der Waals surface area contributed by atoms with Gasteiger partial charge >= 0.3 is 0 Å². The van der Waals surface area contributed by atoms with Crippen LogP contribution in [0, 0.1) is 6.92 Å². The zero-order valence-corrected chi connectivity index (χ0v) is 17.1. The molecule has 138 valence electrons. The van der Waals surface area contributed by atoms with Crippen molar-refractivity contribution in [3.05, 3.63) is 81.2 Å². The van der Waals surface area contributed by atoms with Crippen molar-refractivity contribution in [2.75, 3.05) is 13.2 Å². The van der Waals surface area contributed by atoms with Crippen LogP contribution in [0.5, 0.6) is 5.75 Å². The molecule has 0 bridgehead atoms. The van der Waals surface area contributed by atoms with Crippen molar-refractivity contribution in [1.29, 1.82) is 0 Å². The maximum Gasteiger partial charge on any atom is 0.293 e. The molecule has 1 fully saturated rings. The molecule has 0 spiro atoms. The van der Waals surface area contributed by atoms with E-state index in [2.05, 4.69) is 15.9 Å². The lowest BCUT2D eigenvalue weighted by Gasteiger charge is -2.13. The maximum atomic E-state index is 12.5. The third kappa shape index (κ3) is 5.34. The first-order valence-electron chi connectivity index (χ1n) is 8.40. The molecule has 0 N–H and O–H groups in total. The minimum atomic E-state index is -0.295. The lowest BCUT2D eigenvalue weighted by atomic mass is 10.2. The van der Waals surface area contributed by atoms with Gasteiger partial charge in [-0.25, -0.2) is 0 Å². The van der Waals surface area contributed by atoms with Gasteiger partial charge in [-0.3, -0.25) is 14.5 Å². The number of imide groups is 1. The molecular weight excluding hydrogens is 426 g/mol. The van der Waals surface area contributed by atoms with Crippen LogP contribution >= 0.6 is 27.7 Å². The predicted molar refractivity (Wildman–Crippen MR) is 113 cm³/mol. The molecule has 3 rings (SSSR count).